The van der Waals surface area contributed by atoms with Crippen molar-refractivity contribution >= 4 is 17.5 Å². The summed E-state index contributed by atoms with van der Waals surface area (Å²) in [6.07, 6.45) is 7.76. The van der Waals surface area contributed by atoms with E-state index in [0.29, 0.717) is 12.8 Å². The molecule has 0 unspecified atom stereocenters. The molecule has 3 rings (SSSR count). The lowest BCUT2D eigenvalue weighted by molar-refractivity contribution is -0.125. The van der Waals surface area contributed by atoms with Gasteiger partial charge in [-0.05, 0) is 25.7 Å². The van der Waals surface area contributed by atoms with Crippen LogP contribution in [-0.2, 0) is 22.6 Å². The van der Waals surface area contributed by atoms with Gasteiger partial charge >= 0.3 is 0 Å². The summed E-state index contributed by atoms with van der Waals surface area (Å²) in [5.74, 6) is 1.95. The molecule has 1 aliphatic heterocycles. The fourth-order valence-corrected chi connectivity index (χ4v) is 3.04. The SMILES string of the molecule is O=C(C[C@@H]1CCCC1=O)Nc1cnc2n1CCCC2. The van der Waals surface area contributed by atoms with Gasteiger partial charge in [0.1, 0.15) is 17.4 Å². The summed E-state index contributed by atoms with van der Waals surface area (Å²) >= 11 is 0. The maximum Gasteiger partial charge on any atom is 0.226 e. The second-order valence-electron chi connectivity index (χ2n) is 5.48. The molecule has 0 bridgehead atoms. The Labute approximate surface area is 112 Å². The van der Waals surface area contributed by atoms with Crippen LogP contribution in [0, 0.1) is 5.92 Å². The number of hydrogen-bond donors (Lipinski definition) is 1. The van der Waals surface area contributed by atoms with Crippen LogP contribution in [0.25, 0.3) is 0 Å². The molecular formula is C14H19N3O2. The molecular weight excluding hydrogens is 242 g/mol. The van der Waals surface area contributed by atoms with E-state index in [0.717, 1.165) is 43.9 Å². The molecule has 102 valence electrons. The summed E-state index contributed by atoms with van der Waals surface area (Å²) < 4.78 is 2.08. The van der Waals surface area contributed by atoms with Gasteiger partial charge in [0.2, 0.25) is 5.91 Å². The number of aryl methyl sites for hydroxylation is 1. The maximum absolute atomic E-state index is 12.0. The second-order valence-corrected chi connectivity index (χ2v) is 5.48. The van der Waals surface area contributed by atoms with E-state index in [1.807, 2.05) is 0 Å². The Balaban J connectivity index is 1.63. The number of Topliss-reactive ketones (excluding diaryl/α,β-unsaturated/α-hetero) is 1. The molecule has 2 aliphatic rings. The first-order chi connectivity index (χ1) is 9.24. The van der Waals surface area contributed by atoms with Gasteiger partial charge in [-0.3, -0.25) is 9.59 Å². The topological polar surface area (TPSA) is 64.0 Å². The van der Waals surface area contributed by atoms with Gasteiger partial charge < -0.3 is 9.88 Å². The maximum atomic E-state index is 12.0. The summed E-state index contributed by atoms with van der Waals surface area (Å²) in [5, 5.41) is 2.91. The third-order valence-electron chi connectivity index (χ3n) is 4.10. The van der Waals surface area contributed by atoms with Gasteiger partial charge in [-0.15, -0.1) is 0 Å². The van der Waals surface area contributed by atoms with Crippen LogP contribution in [0.15, 0.2) is 6.20 Å². The van der Waals surface area contributed by atoms with Crippen molar-refractivity contribution in [2.75, 3.05) is 5.32 Å². The molecule has 0 aromatic carbocycles. The molecule has 1 N–H and O–H groups in total. The first-order valence-electron chi connectivity index (χ1n) is 7.11. The zero-order valence-corrected chi connectivity index (χ0v) is 11.0. The number of amides is 1. The van der Waals surface area contributed by atoms with E-state index in [2.05, 4.69) is 14.9 Å². The lowest BCUT2D eigenvalue weighted by Crippen LogP contribution is -2.21. The fourth-order valence-electron chi connectivity index (χ4n) is 3.04. The normalized spacial score (nSPS) is 22.3. The fraction of sp³-hybridized carbons (Fsp3) is 0.643. The minimum absolute atomic E-state index is 0.0616. The molecule has 19 heavy (non-hydrogen) atoms. The van der Waals surface area contributed by atoms with Crippen molar-refractivity contribution in [2.24, 2.45) is 5.92 Å². The zero-order chi connectivity index (χ0) is 13.2. The molecule has 1 aromatic rings. The van der Waals surface area contributed by atoms with Crippen LogP contribution < -0.4 is 5.32 Å². The highest BCUT2D eigenvalue weighted by Gasteiger charge is 2.27. The molecule has 0 spiro atoms. The van der Waals surface area contributed by atoms with Crippen molar-refractivity contribution < 1.29 is 9.59 Å². The van der Waals surface area contributed by atoms with E-state index in [4.69, 9.17) is 0 Å². The van der Waals surface area contributed by atoms with Gasteiger partial charge in [-0.1, -0.05) is 0 Å². The molecule has 1 saturated carbocycles. The zero-order valence-electron chi connectivity index (χ0n) is 11.0. The number of nitrogens with one attached hydrogen (secondary N) is 1. The summed E-state index contributed by atoms with van der Waals surface area (Å²) in [4.78, 5) is 27.9. The molecule has 1 atom stereocenters. The quantitative estimate of drug-likeness (QED) is 0.904. The first-order valence-corrected chi connectivity index (χ1v) is 7.11. The van der Waals surface area contributed by atoms with Crippen molar-refractivity contribution in [1.82, 2.24) is 9.55 Å². The summed E-state index contributed by atoms with van der Waals surface area (Å²) in [5.41, 5.74) is 0. The van der Waals surface area contributed by atoms with Crippen LogP contribution in [0.3, 0.4) is 0 Å². The summed E-state index contributed by atoms with van der Waals surface area (Å²) in [6.45, 7) is 0.924. The Hall–Kier alpha value is -1.65. The van der Waals surface area contributed by atoms with Crippen molar-refractivity contribution in [3.8, 4) is 0 Å². The molecule has 1 aliphatic carbocycles. The largest absolute Gasteiger partial charge is 0.315 e. The standard InChI is InChI=1S/C14H19N3O2/c18-11-5-3-4-10(11)8-14(19)16-13-9-15-12-6-1-2-7-17(12)13/h9-10H,1-8H2,(H,16,19)/t10-/m0/s1. The van der Waals surface area contributed by atoms with Crippen molar-refractivity contribution in [2.45, 2.75) is 51.5 Å². The predicted octanol–water partition coefficient (Wildman–Crippen LogP) is 1.92. The molecule has 1 fully saturated rings. The minimum Gasteiger partial charge on any atom is -0.315 e. The monoisotopic (exact) mass is 261 g/mol. The Morgan fingerprint density at radius 3 is 3.05 bits per heavy atom. The van der Waals surface area contributed by atoms with Crippen LogP contribution in [0.2, 0.25) is 0 Å². The molecule has 5 nitrogen and oxygen atoms in total. The van der Waals surface area contributed by atoms with Crippen molar-refractivity contribution in [1.29, 1.82) is 0 Å². The Bertz CT molecular complexity index is 507. The number of imidazole rings is 1. The number of ketones is 1. The Morgan fingerprint density at radius 1 is 1.37 bits per heavy atom. The van der Waals surface area contributed by atoms with Crippen molar-refractivity contribution in [3.05, 3.63) is 12.0 Å². The summed E-state index contributed by atoms with van der Waals surface area (Å²) in [7, 11) is 0. The van der Waals surface area contributed by atoms with Gasteiger partial charge in [0.05, 0.1) is 6.20 Å². The van der Waals surface area contributed by atoms with Crippen LogP contribution in [-0.4, -0.2) is 21.2 Å². The van der Waals surface area contributed by atoms with Gasteiger partial charge in [0, 0.05) is 31.7 Å². The van der Waals surface area contributed by atoms with Gasteiger partial charge in [0.25, 0.3) is 0 Å². The van der Waals surface area contributed by atoms with E-state index in [1.54, 1.807) is 6.20 Å². The number of aromatic nitrogens is 2. The number of anilines is 1. The Morgan fingerprint density at radius 2 is 2.26 bits per heavy atom. The highest BCUT2D eigenvalue weighted by atomic mass is 16.2. The van der Waals surface area contributed by atoms with E-state index in [9.17, 15) is 9.59 Å². The third kappa shape index (κ3) is 2.55. The van der Waals surface area contributed by atoms with E-state index < -0.39 is 0 Å². The molecule has 0 saturated heterocycles. The predicted molar refractivity (Wildman–Crippen MR) is 70.8 cm³/mol. The van der Waals surface area contributed by atoms with Gasteiger partial charge in [-0.2, -0.15) is 0 Å². The highest BCUT2D eigenvalue weighted by Crippen LogP contribution is 2.25. The second kappa shape index (κ2) is 5.15. The van der Waals surface area contributed by atoms with E-state index in [-0.39, 0.29) is 17.6 Å². The molecule has 1 amide bonds. The lowest BCUT2D eigenvalue weighted by atomic mass is 10.0. The highest BCUT2D eigenvalue weighted by molar-refractivity contribution is 5.94. The number of fused-ring (bicyclic) bond motifs is 1. The van der Waals surface area contributed by atoms with Crippen LogP contribution in [0.4, 0.5) is 5.82 Å². The number of rotatable bonds is 3. The average molecular weight is 261 g/mol. The summed E-state index contributed by atoms with van der Waals surface area (Å²) in [6, 6.07) is 0. The van der Waals surface area contributed by atoms with Gasteiger partial charge in [-0.25, -0.2) is 4.98 Å². The van der Waals surface area contributed by atoms with Crippen LogP contribution in [0.5, 0.6) is 0 Å². The van der Waals surface area contributed by atoms with Crippen LogP contribution >= 0.6 is 0 Å². The first kappa shape index (κ1) is 12.4. The van der Waals surface area contributed by atoms with Crippen molar-refractivity contribution in [3.63, 3.8) is 0 Å². The minimum atomic E-state index is -0.0660. The lowest BCUT2D eigenvalue weighted by Gasteiger charge is -2.17. The Kier molecular flexibility index (Phi) is 3.36. The van der Waals surface area contributed by atoms with E-state index >= 15 is 0 Å². The third-order valence-corrected chi connectivity index (χ3v) is 4.10. The molecule has 1 aromatic heterocycles. The smallest absolute Gasteiger partial charge is 0.226 e. The number of nitrogens with zero attached hydrogens (tertiary/aromatic N) is 2. The molecule has 2 heterocycles. The van der Waals surface area contributed by atoms with Gasteiger partial charge in [0.15, 0.2) is 0 Å². The number of carbonyl (C=O) groups is 2. The molecule has 0 radical (unpaired) electrons. The molecule has 5 heteroatoms. The van der Waals surface area contributed by atoms with E-state index in [1.165, 1.54) is 6.42 Å². The number of carbonyl (C=O) groups excluding carboxylic acids is 2. The van der Waals surface area contributed by atoms with Crippen LogP contribution in [0.1, 0.15) is 44.3 Å². The average Bonchev–Trinajstić information content (AvgIpc) is 2.98. The number of hydrogen-bond acceptors (Lipinski definition) is 3.